The Balaban J connectivity index is 1.79. The summed E-state index contributed by atoms with van der Waals surface area (Å²) >= 11 is 13.0. The van der Waals surface area contributed by atoms with Crippen LogP contribution in [0.15, 0.2) is 46.1 Å². The molecule has 0 aromatic heterocycles. The number of rotatable bonds is 12. The third-order valence-corrected chi connectivity index (χ3v) is 6.70. The maximum Gasteiger partial charge on any atom is 0.202 e. The lowest BCUT2D eigenvalue weighted by Gasteiger charge is -2.32. The minimum absolute atomic E-state index is 0.0459. The van der Waals surface area contributed by atoms with Gasteiger partial charge in [-0.3, -0.25) is 14.8 Å². The largest absolute Gasteiger partial charge is 0.374 e. The fraction of sp³-hybridized carbons (Fsp3) is 0.640. The molecule has 0 N–H and O–H groups in total. The average Bonchev–Trinajstić information content (AvgIpc) is 3.01. The molecular formula is C25H38Cl2N4O. The molecule has 0 saturated carbocycles. The normalized spacial score (nSPS) is 22.7. The number of unbranched alkanes of at least 4 members (excludes halogenated alkanes) is 2. The van der Waals surface area contributed by atoms with E-state index < -0.39 is 11.0 Å². The van der Waals surface area contributed by atoms with Crippen LogP contribution in [0.5, 0.6) is 0 Å². The standard InChI is InChI=1S/C25H38Cl2N4O/c1-4-12-25(3,27)22(11-13-26)21(2)31-18-9-17-30(19-20-31)16-7-5-6-14-28-24-23(32)10-8-15-29-24/h4,8,10,14-15,24H,1,5-7,9,11-13,16-20H2,2-3H3/b22-21+,28-14+. The summed E-state index contributed by atoms with van der Waals surface area (Å²) in [4.78, 5) is 24.6. The van der Waals surface area contributed by atoms with E-state index in [1.165, 1.54) is 17.3 Å². The van der Waals surface area contributed by atoms with Gasteiger partial charge >= 0.3 is 0 Å². The summed E-state index contributed by atoms with van der Waals surface area (Å²) < 4.78 is 0. The van der Waals surface area contributed by atoms with E-state index in [0.717, 1.165) is 71.2 Å². The van der Waals surface area contributed by atoms with Gasteiger partial charge in [-0.25, -0.2) is 0 Å². The molecule has 2 atom stereocenters. The minimum Gasteiger partial charge on any atom is -0.374 e. The van der Waals surface area contributed by atoms with Crippen molar-refractivity contribution in [2.24, 2.45) is 9.98 Å². The highest BCUT2D eigenvalue weighted by Crippen LogP contribution is 2.35. The lowest BCUT2D eigenvalue weighted by atomic mass is 9.92. The number of aliphatic imine (C=N–C) groups is 2. The molecule has 0 aromatic rings. The van der Waals surface area contributed by atoms with Crippen LogP contribution in [0.3, 0.4) is 0 Å². The topological polar surface area (TPSA) is 48.3 Å². The highest BCUT2D eigenvalue weighted by Gasteiger charge is 2.28. The highest BCUT2D eigenvalue weighted by molar-refractivity contribution is 6.26. The second kappa shape index (κ2) is 14.0. The van der Waals surface area contributed by atoms with Crippen molar-refractivity contribution >= 4 is 41.4 Å². The summed E-state index contributed by atoms with van der Waals surface area (Å²) in [6.07, 6.45) is 13.7. The van der Waals surface area contributed by atoms with Crippen molar-refractivity contribution in [2.75, 3.05) is 38.6 Å². The predicted molar refractivity (Wildman–Crippen MR) is 139 cm³/mol. The molecule has 2 unspecified atom stereocenters. The summed E-state index contributed by atoms with van der Waals surface area (Å²) in [5, 5.41) is 0. The van der Waals surface area contributed by atoms with Crippen LogP contribution < -0.4 is 0 Å². The molecule has 1 fully saturated rings. The number of allylic oxidation sites excluding steroid dienone is 4. The van der Waals surface area contributed by atoms with Crippen molar-refractivity contribution in [3.63, 3.8) is 0 Å². The molecular weight excluding hydrogens is 443 g/mol. The lowest BCUT2D eigenvalue weighted by Crippen LogP contribution is -2.33. The summed E-state index contributed by atoms with van der Waals surface area (Å²) in [6, 6.07) is 0. The first-order valence-corrected chi connectivity index (χ1v) is 12.6. The fourth-order valence-electron chi connectivity index (χ4n) is 4.31. The molecule has 178 valence electrons. The van der Waals surface area contributed by atoms with Crippen LogP contribution in [-0.4, -0.2) is 77.7 Å². The third-order valence-electron chi connectivity index (χ3n) is 6.13. The summed E-state index contributed by atoms with van der Waals surface area (Å²) in [5.41, 5.74) is 2.51. The van der Waals surface area contributed by atoms with E-state index in [-0.39, 0.29) is 5.78 Å². The third kappa shape index (κ3) is 8.49. The number of carbonyl (C=O) groups is 1. The Morgan fingerprint density at radius 3 is 2.88 bits per heavy atom. The van der Waals surface area contributed by atoms with Gasteiger partial charge in [-0.2, -0.15) is 0 Å². The van der Waals surface area contributed by atoms with Gasteiger partial charge in [0.1, 0.15) is 0 Å². The Morgan fingerprint density at radius 2 is 2.16 bits per heavy atom. The van der Waals surface area contributed by atoms with Crippen LogP contribution in [0.4, 0.5) is 0 Å². The molecule has 0 bridgehead atoms. The molecule has 32 heavy (non-hydrogen) atoms. The van der Waals surface area contributed by atoms with Gasteiger partial charge in [-0.1, -0.05) is 6.08 Å². The number of carbonyl (C=O) groups excluding carboxylic acids is 1. The zero-order valence-corrected chi connectivity index (χ0v) is 21.1. The van der Waals surface area contributed by atoms with Crippen molar-refractivity contribution < 1.29 is 4.79 Å². The maximum absolute atomic E-state index is 11.6. The van der Waals surface area contributed by atoms with Gasteiger partial charge in [0.2, 0.25) is 11.9 Å². The molecule has 0 aromatic carbocycles. The quantitative estimate of drug-likeness (QED) is 0.166. The van der Waals surface area contributed by atoms with Crippen molar-refractivity contribution in [3.05, 3.63) is 36.1 Å². The van der Waals surface area contributed by atoms with E-state index in [4.69, 9.17) is 23.2 Å². The Hall–Kier alpha value is -1.43. The SMILES string of the molecule is C=CCC(C)(Cl)/C(CCCl)=C(\C)N1CCCN(CCCC/C=N/C2N=CC=CC2=O)CC1. The van der Waals surface area contributed by atoms with Gasteiger partial charge in [-0.15, -0.1) is 29.8 Å². The van der Waals surface area contributed by atoms with E-state index in [1.54, 1.807) is 12.3 Å². The number of hydrogen-bond donors (Lipinski definition) is 0. The fourth-order valence-corrected chi connectivity index (χ4v) is 4.84. The van der Waals surface area contributed by atoms with Gasteiger partial charge in [0.25, 0.3) is 0 Å². The average molecular weight is 482 g/mol. The first-order valence-electron chi connectivity index (χ1n) is 11.7. The van der Waals surface area contributed by atoms with Gasteiger partial charge < -0.3 is 9.80 Å². The Labute approximate surface area is 203 Å². The number of ketones is 1. The predicted octanol–water partition coefficient (Wildman–Crippen LogP) is 5.25. The van der Waals surface area contributed by atoms with Gasteiger partial charge in [0, 0.05) is 43.6 Å². The number of nitrogens with zero attached hydrogens (tertiary/aromatic N) is 4. The molecule has 0 amide bonds. The molecule has 7 heteroatoms. The second-order valence-corrected chi connectivity index (χ2v) is 9.85. The van der Waals surface area contributed by atoms with Crippen LogP contribution in [0.25, 0.3) is 0 Å². The first-order chi connectivity index (χ1) is 15.4. The maximum atomic E-state index is 11.6. The van der Waals surface area contributed by atoms with Gasteiger partial charge in [0.15, 0.2) is 0 Å². The lowest BCUT2D eigenvalue weighted by molar-refractivity contribution is -0.115. The molecule has 0 radical (unpaired) electrons. The molecule has 2 heterocycles. The first kappa shape index (κ1) is 26.8. The van der Waals surface area contributed by atoms with Crippen LogP contribution in [0.1, 0.15) is 52.4 Å². The zero-order valence-electron chi connectivity index (χ0n) is 19.6. The molecule has 0 spiro atoms. The Kier molecular flexibility index (Phi) is 11.7. The zero-order chi connectivity index (χ0) is 23.4. The Bertz CT molecular complexity index is 742. The molecule has 0 aliphatic carbocycles. The van der Waals surface area contributed by atoms with Gasteiger partial charge in [-0.05, 0) is 83.2 Å². The number of dihydropyridines is 1. The summed E-state index contributed by atoms with van der Waals surface area (Å²) in [7, 11) is 0. The molecule has 2 aliphatic heterocycles. The number of alkyl halides is 2. The minimum atomic E-state index is -0.571. The molecule has 5 nitrogen and oxygen atoms in total. The smallest absolute Gasteiger partial charge is 0.202 e. The van der Waals surface area contributed by atoms with Crippen molar-refractivity contribution in [3.8, 4) is 0 Å². The van der Waals surface area contributed by atoms with Crippen LogP contribution in [0, 0.1) is 0 Å². The summed E-state index contributed by atoms with van der Waals surface area (Å²) in [6.45, 7) is 13.4. The molecule has 2 rings (SSSR count). The van der Waals surface area contributed by atoms with Crippen molar-refractivity contribution in [2.45, 2.75) is 63.4 Å². The van der Waals surface area contributed by atoms with Crippen molar-refractivity contribution in [1.82, 2.24) is 9.80 Å². The van der Waals surface area contributed by atoms with E-state index >= 15 is 0 Å². The number of halogens is 2. The summed E-state index contributed by atoms with van der Waals surface area (Å²) in [5.74, 6) is 0.531. The molecule has 2 aliphatic rings. The van der Waals surface area contributed by atoms with Crippen LogP contribution in [0.2, 0.25) is 0 Å². The highest BCUT2D eigenvalue weighted by atomic mass is 35.5. The molecule has 1 saturated heterocycles. The van der Waals surface area contributed by atoms with E-state index in [2.05, 4.69) is 40.2 Å². The second-order valence-electron chi connectivity index (χ2n) is 8.64. The Morgan fingerprint density at radius 1 is 1.34 bits per heavy atom. The van der Waals surface area contributed by atoms with E-state index in [9.17, 15) is 4.79 Å². The van der Waals surface area contributed by atoms with Crippen LogP contribution >= 0.6 is 23.2 Å². The monoisotopic (exact) mass is 480 g/mol. The van der Waals surface area contributed by atoms with Crippen molar-refractivity contribution in [1.29, 1.82) is 0 Å². The van der Waals surface area contributed by atoms with Crippen LogP contribution in [-0.2, 0) is 4.79 Å². The van der Waals surface area contributed by atoms with E-state index in [1.807, 2.05) is 12.3 Å². The van der Waals surface area contributed by atoms with E-state index in [0.29, 0.717) is 5.88 Å². The van der Waals surface area contributed by atoms with Gasteiger partial charge in [0.05, 0.1) is 4.87 Å². The number of hydrogen-bond acceptors (Lipinski definition) is 5.